The molecule has 7 heteroatoms. The van der Waals surface area contributed by atoms with Crippen molar-refractivity contribution in [3.63, 3.8) is 0 Å². The number of carbonyl (C=O) groups excluding carboxylic acids is 1. The number of ether oxygens (including phenoxy) is 2. The normalized spacial score (nSPS) is 15.0. The SMILES string of the molecule is COc1ccc(C=CC(=O)N2CCN(Cc3nc4ccccc4n3C)CC2)cc1OC. The largest absolute Gasteiger partial charge is 0.493 e. The summed E-state index contributed by atoms with van der Waals surface area (Å²) in [6.45, 7) is 3.87. The number of nitrogens with zero attached hydrogens (tertiary/aromatic N) is 4. The molecule has 0 atom stereocenters. The molecule has 3 aromatic rings. The van der Waals surface area contributed by atoms with E-state index < -0.39 is 0 Å². The average molecular weight is 421 g/mol. The maximum absolute atomic E-state index is 12.6. The molecular weight excluding hydrogens is 392 g/mol. The number of fused-ring (bicyclic) bond motifs is 1. The Morgan fingerprint density at radius 3 is 2.48 bits per heavy atom. The van der Waals surface area contributed by atoms with Gasteiger partial charge in [-0.1, -0.05) is 18.2 Å². The highest BCUT2D eigenvalue weighted by molar-refractivity contribution is 5.92. The number of carbonyl (C=O) groups is 1. The van der Waals surface area contributed by atoms with Crippen molar-refractivity contribution in [1.82, 2.24) is 19.4 Å². The standard InChI is InChI=1S/C24H28N4O3/c1-26-20-7-5-4-6-19(20)25-23(26)17-27-12-14-28(15-13-27)24(29)11-9-18-8-10-21(30-2)22(16-18)31-3/h4-11,16H,12-15,17H2,1-3H3. The number of rotatable bonds is 6. The molecule has 0 N–H and O–H groups in total. The van der Waals surface area contributed by atoms with Crippen molar-refractivity contribution in [3.8, 4) is 11.5 Å². The Morgan fingerprint density at radius 1 is 1.03 bits per heavy atom. The summed E-state index contributed by atoms with van der Waals surface area (Å²) in [5, 5.41) is 0. The molecule has 162 valence electrons. The van der Waals surface area contributed by atoms with Crippen LogP contribution in [0.3, 0.4) is 0 Å². The third kappa shape index (κ3) is 4.56. The number of methoxy groups -OCH3 is 2. The summed E-state index contributed by atoms with van der Waals surface area (Å²) in [6, 6.07) is 13.8. The number of imidazole rings is 1. The van der Waals surface area contributed by atoms with Gasteiger partial charge in [0.2, 0.25) is 5.91 Å². The maximum Gasteiger partial charge on any atom is 0.246 e. The summed E-state index contributed by atoms with van der Waals surface area (Å²) in [5.74, 6) is 2.39. The monoisotopic (exact) mass is 420 g/mol. The molecule has 4 rings (SSSR count). The lowest BCUT2D eigenvalue weighted by molar-refractivity contribution is -0.127. The Bertz CT molecular complexity index is 1100. The Hall–Kier alpha value is -3.32. The number of benzene rings is 2. The Morgan fingerprint density at radius 2 is 1.77 bits per heavy atom. The van der Waals surface area contributed by atoms with Gasteiger partial charge in [0.15, 0.2) is 11.5 Å². The van der Waals surface area contributed by atoms with Crippen molar-refractivity contribution in [2.24, 2.45) is 7.05 Å². The molecule has 2 heterocycles. The molecule has 7 nitrogen and oxygen atoms in total. The lowest BCUT2D eigenvalue weighted by Crippen LogP contribution is -2.48. The van der Waals surface area contributed by atoms with Crippen molar-refractivity contribution in [1.29, 1.82) is 0 Å². The molecule has 1 aromatic heterocycles. The number of aryl methyl sites for hydroxylation is 1. The highest BCUT2D eigenvalue weighted by atomic mass is 16.5. The Balaban J connectivity index is 1.33. The molecule has 1 fully saturated rings. The smallest absolute Gasteiger partial charge is 0.246 e. The van der Waals surface area contributed by atoms with Crippen molar-refractivity contribution in [2.45, 2.75) is 6.54 Å². The minimum absolute atomic E-state index is 0.0252. The molecular formula is C24H28N4O3. The number of para-hydroxylation sites is 2. The van der Waals surface area contributed by atoms with Crippen LogP contribution in [0.1, 0.15) is 11.4 Å². The van der Waals surface area contributed by atoms with E-state index in [2.05, 4.69) is 22.6 Å². The molecule has 0 spiro atoms. The zero-order valence-electron chi connectivity index (χ0n) is 18.2. The van der Waals surface area contributed by atoms with E-state index in [-0.39, 0.29) is 5.91 Å². The predicted octanol–water partition coefficient (Wildman–Crippen LogP) is 2.95. The number of piperazine rings is 1. The van der Waals surface area contributed by atoms with Crippen LogP contribution >= 0.6 is 0 Å². The summed E-state index contributed by atoms with van der Waals surface area (Å²) in [7, 11) is 5.26. The van der Waals surface area contributed by atoms with Gasteiger partial charge in [-0.3, -0.25) is 9.69 Å². The van der Waals surface area contributed by atoms with Crippen LogP contribution in [0.15, 0.2) is 48.5 Å². The summed E-state index contributed by atoms with van der Waals surface area (Å²) in [4.78, 5) is 21.6. The van der Waals surface area contributed by atoms with Gasteiger partial charge in [-0.15, -0.1) is 0 Å². The molecule has 1 saturated heterocycles. The minimum atomic E-state index is 0.0252. The summed E-state index contributed by atoms with van der Waals surface area (Å²) < 4.78 is 12.7. The molecule has 1 amide bonds. The third-order valence-electron chi connectivity index (χ3n) is 5.75. The zero-order valence-corrected chi connectivity index (χ0v) is 18.2. The molecule has 1 aliphatic rings. The van der Waals surface area contributed by atoms with Crippen LogP contribution in [0.5, 0.6) is 11.5 Å². The maximum atomic E-state index is 12.6. The lowest BCUT2D eigenvalue weighted by Gasteiger charge is -2.34. The van der Waals surface area contributed by atoms with Gasteiger partial charge in [0, 0.05) is 39.3 Å². The van der Waals surface area contributed by atoms with E-state index in [1.54, 1.807) is 20.3 Å². The molecule has 2 aromatic carbocycles. The van der Waals surface area contributed by atoms with Gasteiger partial charge in [0.25, 0.3) is 0 Å². The van der Waals surface area contributed by atoms with Crippen LogP contribution < -0.4 is 9.47 Å². The van der Waals surface area contributed by atoms with Gasteiger partial charge in [-0.05, 0) is 35.9 Å². The first-order valence-corrected chi connectivity index (χ1v) is 10.4. The van der Waals surface area contributed by atoms with Crippen molar-refractivity contribution in [3.05, 3.63) is 59.9 Å². The van der Waals surface area contributed by atoms with Crippen LogP contribution in [-0.4, -0.2) is 65.7 Å². The van der Waals surface area contributed by atoms with E-state index in [4.69, 9.17) is 14.5 Å². The average Bonchev–Trinajstić information content (AvgIpc) is 3.13. The van der Waals surface area contributed by atoms with Crippen LogP contribution in [0, 0.1) is 0 Å². The van der Waals surface area contributed by atoms with Crippen molar-refractivity contribution >= 4 is 23.0 Å². The van der Waals surface area contributed by atoms with Crippen LogP contribution in [0.25, 0.3) is 17.1 Å². The molecule has 1 aliphatic heterocycles. The summed E-state index contributed by atoms with van der Waals surface area (Å²) in [6.07, 6.45) is 3.44. The molecule has 0 saturated carbocycles. The van der Waals surface area contributed by atoms with Gasteiger partial charge < -0.3 is 18.9 Å². The van der Waals surface area contributed by atoms with Gasteiger partial charge in [0.1, 0.15) is 5.82 Å². The molecule has 0 radical (unpaired) electrons. The van der Waals surface area contributed by atoms with E-state index in [9.17, 15) is 4.79 Å². The zero-order chi connectivity index (χ0) is 21.8. The summed E-state index contributed by atoms with van der Waals surface area (Å²) >= 11 is 0. The number of hydrogen-bond donors (Lipinski definition) is 0. The fourth-order valence-corrected chi connectivity index (χ4v) is 3.89. The molecule has 0 aliphatic carbocycles. The second-order valence-electron chi connectivity index (χ2n) is 7.62. The van der Waals surface area contributed by atoms with E-state index in [1.165, 1.54) is 0 Å². The van der Waals surface area contributed by atoms with Crippen LogP contribution in [0.2, 0.25) is 0 Å². The highest BCUT2D eigenvalue weighted by Crippen LogP contribution is 2.28. The van der Waals surface area contributed by atoms with Gasteiger partial charge in [0.05, 0.1) is 31.8 Å². The lowest BCUT2D eigenvalue weighted by atomic mass is 10.2. The van der Waals surface area contributed by atoms with E-state index in [1.807, 2.05) is 47.4 Å². The van der Waals surface area contributed by atoms with Gasteiger partial charge in [-0.2, -0.15) is 0 Å². The molecule has 31 heavy (non-hydrogen) atoms. The topological polar surface area (TPSA) is 59.8 Å². The molecule has 0 unspecified atom stereocenters. The Labute approximate surface area is 182 Å². The quantitative estimate of drug-likeness (QED) is 0.574. The number of aromatic nitrogens is 2. The van der Waals surface area contributed by atoms with E-state index in [0.717, 1.165) is 42.1 Å². The number of amides is 1. The van der Waals surface area contributed by atoms with Crippen molar-refractivity contribution in [2.75, 3.05) is 40.4 Å². The van der Waals surface area contributed by atoms with Crippen molar-refractivity contribution < 1.29 is 14.3 Å². The van der Waals surface area contributed by atoms with Gasteiger partial charge in [-0.25, -0.2) is 4.98 Å². The molecule has 0 bridgehead atoms. The van der Waals surface area contributed by atoms with Crippen LogP contribution in [-0.2, 0) is 18.4 Å². The first kappa shape index (κ1) is 20.9. The fourth-order valence-electron chi connectivity index (χ4n) is 3.89. The first-order valence-electron chi connectivity index (χ1n) is 10.4. The summed E-state index contributed by atoms with van der Waals surface area (Å²) in [5.41, 5.74) is 3.06. The third-order valence-corrected chi connectivity index (χ3v) is 5.75. The van der Waals surface area contributed by atoms with Gasteiger partial charge >= 0.3 is 0 Å². The fraction of sp³-hybridized carbons (Fsp3) is 0.333. The second kappa shape index (κ2) is 9.22. The minimum Gasteiger partial charge on any atom is -0.493 e. The van der Waals surface area contributed by atoms with E-state index >= 15 is 0 Å². The Kier molecular flexibility index (Phi) is 6.23. The number of hydrogen-bond acceptors (Lipinski definition) is 5. The predicted molar refractivity (Wildman–Crippen MR) is 121 cm³/mol. The van der Waals surface area contributed by atoms with E-state index in [0.29, 0.717) is 24.6 Å². The first-order chi connectivity index (χ1) is 15.1. The highest BCUT2D eigenvalue weighted by Gasteiger charge is 2.21. The van der Waals surface area contributed by atoms with Crippen LogP contribution in [0.4, 0.5) is 0 Å². The second-order valence-corrected chi connectivity index (χ2v) is 7.62.